The lowest BCUT2D eigenvalue weighted by Crippen LogP contribution is -2.42. The van der Waals surface area contributed by atoms with Crippen molar-refractivity contribution in [3.8, 4) is 0 Å². The minimum Gasteiger partial charge on any atom is -0.336 e. The van der Waals surface area contributed by atoms with Crippen molar-refractivity contribution in [3.05, 3.63) is 18.2 Å². The number of imidazole rings is 1. The maximum absolute atomic E-state index is 12.3. The molecule has 1 saturated carbocycles. The number of nitrogens with zero attached hydrogens (tertiary/aromatic N) is 3. The van der Waals surface area contributed by atoms with E-state index < -0.39 is 0 Å². The van der Waals surface area contributed by atoms with Gasteiger partial charge in [0.15, 0.2) is 5.82 Å². The number of aryl methyl sites for hydroxylation is 1. The van der Waals surface area contributed by atoms with E-state index in [-0.39, 0.29) is 11.9 Å². The van der Waals surface area contributed by atoms with E-state index in [0.717, 1.165) is 19.3 Å². The lowest BCUT2D eigenvalue weighted by atomic mass is 10.0. The van der Waals surface area contributed by atoms with Gasteiger partial charge >= 0.3 is 0 Å². The number of carbonyl (C=O) groups is 1. The molecule has 94 valence electrons. The van der Waals surface area contributed by atoms with Gasteiger partial charge in [0.2, 0.25) is 0 Å². The minimum absolute atomic E-state index is 0.0112. The maximum atomic E-state index is 12.3. The van der Waals surface area contributed by atoms with Crippen LogP contribution < -0.4 is 5.73 Å². The molecular weight excluding hydrogens is 216 g/mol. The molecule has 5 nitrogen and oxygen atoms in total. The molecule has 1 aromatic rings. The monoisotopic (exact) mass is 236 g/mol. The van der Waals surface area contributed by atoms with Crippen LogP contribution in [0.2, 0.25) is 0 Å². The highest BCUT2D eigenvalue weighted by molar-refractivity contribution is 5.90. The average Bonchev–Trinajstić information content (AvgIpc) is 2.95. The molecule has 1 fully saturated rings. The predicted molar refractivity (Wildman–Crippen MR) is 65.5 cm³/mol. The number of rotatable bonds is 3. The highest BCUT2D eigenvalue weighted by Gasteiger charge is 2.33. The number of hydrogen-bond acceptors (Lipinski definition) is 3. The summed E-state index contributed by atoms with van der Waals surface area (Å²) in [7, 11) is 3.69. The summed E-state index contributed by atoms with van der Waals surface area (Å²) in [5, 5.41) is 0. The molecule has 0 saturated heterocycles. The second-order valence-corrected chi connectivity index (χ2v) is 4.77. The third kappa shape index (κ3) is 2.20. The lowest BCUT2D eigenvalue weighted by molar-refractivity contribution is 0.0684. The van der Waals surface area contributed by atoms with E-state index in [1.54, 1.807) is 17.0 Å². The third-order valence-corrected chi connectivity index (χ3v) is 3.75. The Hall–Kier alpha value is -1.36. The van der Waals surface area contributed by atoms with Gasteiger partial charge in [-0.2, -0.15) is 0 Å². The van der Waals surface area contributed by atoms with Gasteiger partial charge in [-0.05, 0) is 25.3 Å². The van der Waals surface area contributed by atoms with Gasteiger partial charge in [-0.1, -0.05) is 6.42 Å². The van der Waals surface area contributed by atoms with Crippen LogP contribution in [-0.2, 0) is 7.05 Å². The van der Waals surface area contributed by atoms with Crippen molar-refractivity contribution < 1.29 is 4.79 Å². The smallest absolute Gasteiger partial charge is 0.289 e. The maximum Gasteiger partial charge on any atom is 0.289 e. The van der Waals surface area contributed by atoms with Crippen molar-refractivity contribution in [2.24, 2.45) is 18.7 Å². The lowest BCUT2D eigenvalue weighted by Gasteiger charge is -2.28. The molecule has 0 radical (unpaired) electrons. The van der Waals surface area contributed by atoms with Gasteiger partial charge in [0.05, 0.1) is 0 Å². The minimum atomic E-state index is -0.0112. The van der Waals surface area contributed by atoms with Gasteiger partial charge in [0.1, 0.15) is 0 Å². The molecule has 2 atom stereocenters. The molecule has 17 heavy (non-hydrogen) atoms. The largest absolute Gasteiger partial charge is 0.336 e. The van der Waals surface area contributed by atoms with Gasteiger partial charge in [-0.15, -0.1) is 0 Å². The highest BCUT2D eigenvalue weighted by Crippen LogP contribution is 2.29. The van der Waals surface area contributed by atoms with Crippen LogP contribution in [0.15, 0.2) is 12.4 Å². The fraction of sp³-hybridized carbons (Fsp3) is 0.667. The Balaban J connectivity index is 2.12. The van der Waals surface area contributed by atoms with Crippen molar-refractivity contribution in [1.29, 1.82) is 0 Å². The Morgan fingerprint density at radius 3 is 3.00 bits per heavy atom. The van der Waals surface area contributed by atoms with Crippen molar-refractivity contribution in [2.45, 2.75) is 25.3 Å². The molecular formula is C12H20N4O. The van der Waals surface area contributed by atoms with Crippen LogP contribution >= 0.6 is 0 Å². The first-order valence-electron chi connectivity index (χ1n) is 6.09. The van der Waals surface area contributed by atoms with E-state index in [0.29, 0.717) is 18.3 Å². The normalized spacial score (nSPS) is 23.9. The number of amides is 1. The van der Waals surface area contributed by atoms with E-state index in [4.69, 9.17) is 5.73 Å². The molecule has 0 bridgehead atoms. The molecule has 1 aromatic heterocycles. The molecule has 1 aliphatic rings. The molecule has 1 aliphatic carbocycles. The van der Waals surface area contributed by atoms with E-state index in [2.05, 4.69) is 4.98 Å². The van der Waals surface area contributed by atoms with Crippen LogP contribution in [0.1, 0.15) is 29.9 Å². The third-order valence-electron chi connectivity index (χ3n) is 3.75. The Labute approximate surface area is 102 Å². The van der Waals surface area contributed by atoms with E-state index >= 15 is 0 Å². The second-order valence-electron chi connectivity index (χ2n) is 4.77. The highest BCUT2D eigenvalue weighted by atomic mass is 16.2. The number of nitrogens with two attached hydrogens (primary N) is 1. The molecule has 2 rings (SSSR count). The molecule has 2 N–H and O–H groups in total. The number of hydrogen-bond donors (Lipinski definition) is 1. The van der Waals surface area contributed by atoms with Crippen LogP contribution in [0.25, 0.3) is 0 Å². The van der Waals surface area contributed by atoms with Crippen LogP contribution in [-0.4, -0.2) is 40.0 Å². The van der Waals surface area contributed by atoms with Crippen LogP contribution in [0, 0.1) is 5.92 Å². The fourth-order valence-electron chi connectivity index (χ4n) is 2.68. The van der Waals surface area contributed by atoms with Gasteiger partial charge in [0.25, 0.3) is 5.91 Å². The zero-order valence-electron chi connectivity index (χ0n) is 10.5. The summed E-state index contributed by atoms with van der Waals surface area (Å²) in [6.45, 7) is 0.656. The molecule has 1 amide bonds. The molecule has 2 unspecified atom stereocenters. The Kier molecular flexibility index (Phi) is 3.47. The fourth-order valence-corrected chi connectivity index (χ4v) is 2.68. The van der Waals surface area contributed by atoms with Crippen molar-refractivity contribution in [1.82, 2.24) is 14.5 Å². The second kappa shape index (κ2) is 4.87. The van der Waals surface area contributed by atoms with Crippen LogP contribution in [0.4, 0.5) is 0 Å². The van der Waals surface area contributed by atoms with Crippen molar-refractivity contribution >= 4 is 5.91 Å². The van der Waals surface area contributed by atoms with Crippen molar-refractivity contribution in [3.63, 3.8) is 0 Å². The van der Waals surface area contributed by atoms with Crippen LogP contribution in [0.5, 0.6) is 0 Å². The zero-order valence-corrected chi connectivity index (χ0v) is 10.5. The molecule has 5 heteroatoms. The first-order chi connectivity index (χ1) is 8.15. The predicted octanol–water partition coefficient (Wildman–Crippen LogP) is 0.620. The summed E-state index contributed by atoms with van der Waals surface area (Å²) in [4.78, 5) is 18.2. The van der Waals surface area contributed by atoms with Crippen molar-refractivity contribution in [2.75, 3.05) is 13.6 Å². The van der Waals surface area contributed by atoms with Gasteiger partial charge < -0.3 is 15.2 Å². The van der Waals surface area contributed by atoms with Gasteiger partial charge in [0, 0.05) is 32.5 Å². The van der Waals surface area contributed by atoms with E-state index in [1.165, 1.54) is 0 Å². The molecule has 0 aromatic carbocycles. The summed E-state index contributed by atoms with van der Waals surface area (Å²) < 4.78 is 1.76. The Morgan fingerprint density at radius 1 is 1.65 bits per heavy atom. The van der Waals surface area contributed by atoms with Gasteiger partial charge in [-0.25, -0.2) is 4.98 Å². The average molecular weight is 236 g/mol. The van der Waals surface area contributed by atoms with Gasteiger partial charge in [-0.3, -0.25) is 4.79 Å². The summed E-state index contributed by atoms with van der Waals surface area (Å²) >= 11 is 0. The molecule has 0 spiro atoms. The van der Waals surface area contributed by atoms with E-state index in [9.17, 15) is 4.79 Å². The summed E-state index contributed by atoms with van der Waals surface area (Å²) in [6.07, 6.45) is 6.77. The standard InChI is InChI=1S/C12H20N4O/c1-15-7-6-14-11(15)12(17)16(2)10-5-3-4-9(10)8-13/h6-7,9-10H,3-5,8,13H2,1-2H3. The Morgan fingerprint density at radius 2 is 2.41 bits per heavy atom. The summed E-state index contributed by atoms with van der Waals surface area (Å²) in [5.41, 5.74) is 5.75. The van der Waals surface area contributed by atoms with E-state index in [1.807, 2.05) is 19.0 Å². The first kappa shape index (κ1) is 12.1. The number of aromatic nitrogens is 2. The summed E-state index contributed by atoms with van der Waals surface area (Å²) in [6, 6.07) is 0.268. The summed E-state index contributed by atoms with van der Waals surface area (Å²) in [5.74, 6) is 0.919. The molecule has 1 heterocycles. The number of carbonyl (C=O) groups excluding carboxylic acids is 1. The van der Waals surface area contributed by atoms with Crippen LogP contribution in [0.3, 0.4) is 0 Å². The quantitative estimate of drug-likeness (QED) is 0.836. The first-order valence-corrected chi connectivity index (χ1v) is 6.09. The SMILES string of the molecule is CN(C(=O)c1nccn1C)C1CCCC1CN. The zero-order chi connectivity index (χ0) is 12.4. The topological polar surface area (TPSA) is 64.2 Å². The molecule has 0 aliphatic heterocycles. The Bertz CT molecular complexity index is 401.